The Morgan fingerprint density at radius 3 is 2.69 bits per heavy atom. The van der Waals surface area contributed by atoms with E-state index in [-0.39, 0.29) is 27.0 Å². The molecule has 2 heterocycles. The van der Waals surface area contributed by atoms with Crippen LogP contribution in [-0.2, 0) is 10.2 Å². The van der Waals surface area contributed by atoms with Gasteiger partial charge in [0, 0.05) is 27.7 Å². The third-order valence-corrected chi connectivity index (χ3v) is 4.87. The molecule has 1 amide bonds. The molecular formula is C13H8BrF2N4O5P. The molecule has 0 atom stereocenters. The maximum absolute atomic E-state index is 14.0. The Balaban J connectivity index is 2.05. The minimum absolute atomic E-state index is 0.100. The SMILES string of the molecule is O=C(Nc1ccon1)c1ncc2cc(Br)c(C(F)(F)P(=O)(O)O)cc2n1. The minimum atomic E-state index is -5.77. The molecule has 2 aromatic heterocycles. The zero-order chi connectivity index (χ0) is 19.1. The van der Waals surface area contributed by atoms with E-state index in [2.05, 4.69) is 40.9 Å². The van der Waals surface area contributed by atoms with Crippen molar-refractivity contribution < 1.29 is 32.5 Å². The first-order valence-corrected chi connectivity index (χ1v) is 9.12. The van der Waals surface area contributed by atoms with Gasteiger partial charge in [-0.05, 0) is 12.1 Å². The largest absolute Gasteiger partial charge is 0.399 e. The first kappa shape index (κ1) is 18.5. The number of nitrogens with zero attached hydrogens (tertiary/aromatic N) is 3. The van der Waals surface area contributed by atoms with Crippen LogP contribution in [0.4, 0.5) is 14.6 Å². The van der Waals surface area contributed by atoms with Gasteiger partial charge in [0.25, 0.3) is 5.91 Å². The molecule has 3 rings (SSSR count). The standard InChI is InChI=1S/C13H8BrF2N4O5P/c14-8-3-6-5-17-11(12(21)19-10-1-2-25-20-10)18-9(6)4-7(8)13(15,16)26(22,23)24/h1-5H,(H,19,20,21)(H2,22,23,24). The number of alkyl halides is 2. The lowest BCUT2D eigenvalue weighted by Gasteiger charge is -2.19. The number of rotatable bonds is 4. The lowest BCUT2D eigenvalue weighted by molar-refractivity contribution is 0.0558. The molecule has 0 spiro atoms. The van der Waals surface area contributed by atoms with Crippen molar-refractivity contribution in [1.82, 2.24) is 15.1 Å². The van der Waals surface area contributed by atoms with E-state index >= 15 is 0 Å². The highest BCUT2D eigenvalue weighted by molar-refractivity contribution is 9.10. The number of aromatic nitrogens is 3. The van der Waals surface area contributed by atoms with Crippen molar-refractivity contribution in [3.63, 3.8) is 0 Å². The molecule has 0 aliphatic carbocycles. The van der Waals surface area contributed by atoms with Crippen LogP contribution in [0.1, 0.15) is 16.2 Å². The molecule has 26 heavy (non-hydrogen) atoms. The fourth-order valence-electron chi connectivity index (χ4n) is 2.00. The Bertz CT molecular complexity index is 1040. The number of carbonyl (C=O) groups excluding carboxylic acids is 1. The molecule has 0 aliphatic rings. The topological polar surface area (TPSA) is 138 Å². The van der Waals surface area contributed by atoms with Crippen molar-refractivity contribution in [1.29, 1.82) is 0 Å². The van der Waals surface area contributed by atoms with E-state index in [0.29, 0.717) is 0 Å². The van der Waals surface area contributed by atoms with Gasteiger partial charge in [-0.25, -0.2) is 9.97 Å². The number of amides is 1. The lowest BCUT2D eigenvalue weighted by atomic mass is 10.1. The van der Waals surface area contributed by atoms with Crippen LogP contribution in [0.3, 0.4) is 0 Å². The van der Waals surface area contributed by atoms with Gasteiger partial charge in [0.2, 0.25) is 5.82 Å². The summed E-state index contributed by atoms with van der Waals surface area (Å²) in [7, 11) is -5.77. The molecule has 0 saturated heterocycles. The fraction of sp³-hybridized carbons (Fsp3) is 0.0769. The highest BCUT2D eigenvalue weighted by Gasteiger charge is 2.51. The Morgan fingerprint density at radius 2 is 2.08 bits per heavy atom. The summed E-state index contributed by atoms with van der Waals surface area (Å²) >= 11 is 2.86. The molecule has 0 radical (unpaired) electrons. The first-order valence-electron chi connectivity index (χ1n) is 6.71. The Morgan fingerprint density at radius 1 is 1.35 bits per heavy atom. The van der Waals surface area contributed by atoms with Crippen LogP contribution in [-0.4, -0.2) is 30.8 Å². The van der Waals surface area contributed by atoms with Crippen LogP contribution >= 0.6 is 23.5 Å². The second-order valence-electron chi connectivity index (χ2n) is 5.01. The number of nitrogens with one attached hydrogen (secondary N) is 1. The highest BCUT2D eigenvalue weighted by atomic mass is 79.9. The van der Waals surface area contributed by atoms with E-state index in [1.54, 1.807) is 0 Å². The monoisotopic (exact) mass is 448 g/mol. The van der Waals surface area contributed by atoms with Crippen LogP contribution < -0.4 is 5.32 Å². The van der Waals surface area contributed by atoms with Gasteiger partial charge in [0.05, 0.1) is 5.52 Å². The maximum Gasteiger partial charge on any atom is 0.399 e. The molecule has 0 aliphatic heterocycles. The second kappa shape index (κ2) is 6.47. The zero-order valence-electron chi connectivity index (χ0n) is 12.4. The van der Waals surface area contributed by atoms with E-state index in [9.17, 15) is 18.1 Å². The highest BCUT2D eigenvalue weighted by Crippen LogP contribution is 2.60. The average molecular weight is 449 g/mol. The van der Waals surface area contributed by atoms with Crippen LogP contribution in [0.15, 0.2) is 39.7 Å². The lowest BCUT2D eigenvalue weighted by Crippen LogP contribution is -2.17. The van der Waals surface area contributed by atoms with Gasteiger partial charge < -0.3 is 19.6 Å². The predicted molar refractivity (Wildman–Crippen MR) is 87.6 cm³/mol. The quantitative estimate of drug-likeness (QED) is 0.517. The summed E-state index contributed by atoms with van der Waals surface area (Å²) in [6, 6.07) is 3.33. The smallest absolute Gasteiger partial charge is 0.363 e. The molecule has 9 nitrogen and oxygen atoms in total. The number of hydrogen-bond donors (Lipinski definition) is 3. The number of halogens is 3. The summed E-state index contributed by atoms with van der Waals surface area (Å²) in [4.78, 5) is 37.6. The predicted octanol–water partition coefficient (Wildman–Crippen LogP) is 2.86. The van der Waals surface area contributed by atoms with E-state index in [4.69, 9.17) is 9.79 Å². The van der Waals surface area contributed by atoms with Crippen molar-refractivity contribution >= 4 is 46.2 Å². The normalized spacial score (nSPS) is 12.3. The summed E-state index contributed by atoms with van der Waals surface area (Å²) in [6.07, 6.45) is 2.44. The average Bonchev–Trinajstić information content (AvgIpc) is 3.05. The van der Waals surface area contributed by atoms with Gasteiger partial charge in [-0.3, -0.25) is 9.36 Å². The van der Waals surface area contributed by atoms with Crippen LogP contribution in [0.25, 0.3) is 10.9 Å². The van der Waals surface area contributed by atoms with Crippen molar-refractivity contribution in [3.8, 4) is 0 Å². The van der Waals surface area contributed by atoms with E-state index < -0.39 is 24.7 Å². The van der Waals surface area contributed by atoms with Crippen LogP contribution in [0.5, 0.6) is 0 Å². The molecule has 0 unspecified atom stereocenters. The summed E-state index contributed by atoms with van der Waals surface area (Å²) in [5.41, 5.74) is -5.50. The van der Waals surface area contributed by atoms with Crippen LogP contribution in [0.2, 0.25) is 0 Å². The molecule has 13 heteroatoms. The Hall–Kier alpha value is -2.27. The minimum Gasteiger partial charge on any atom is -0.363 e. The molecule has 3 N–H and O–H groups in total. The third-order valence-electron chi connectivity index (χ3n) is 3.24. The molecule has 1 aromatic carbocycles. The number of anilines is 1. The number of fused-ring (bicyclic) bond motifs is 1. The Kier molecular flexibility index (Phi) is 4.61. The van der Waals surface area contributed by atoms with Gasteiger partial charge in [-0.1, -0.05) is 21.1 Å². The fourth-order valence-corrected chi connectivity index (χ4v) is 3.26. The van der Waals surface area contributed by atoms with Gasteiger partial charge in [-0.2, -0.15) is 8.78 Å². The van der Waals surface area contributed by atoms with Crippen molar-refractivity contribution in [2.75, 3.05) is 5.32 Å². The molecular weight excluding hydrogens is 441 g/mol. The van der Waals surface area contributed by atoms with Gasteiger partial charge in [0.1, 0.15) is 6.26 Å². The van der Waals surface area contributed by atoms with Crippen molar-refractivity contribution in [3.05, 3.63) is 46.5 Å². The third kappa shape index (κ3) is 3.36. The first-order chi connectivity index (χ1) is 12.1. The Labute approximate surface area is 151 Å². The summed E-state index contributed by atoms with van der Waals surface area (Å²) < 4.78 is 43.5. The summed E-state index contributed by atoms with van der Waals surface area (Å²) in [6.45, 7) is 0. The summed E-state index contributed by atoms with van der Waals surface area (Å²) in [5.74, 6) is -1.02. The van der Waals surface area contributed by atoms with E-state index in [0.717, 1.165) is 6.07 Å². The molecule has 0 fully saturated rings. The second-order valence-corrected chi connectivity index (χ2v) is 7.51. The van der Waals surface area contributed by atoms with Gasteiger partial charge in [-0.15, -0.1) is 0 Å². The van der Waals surface area contributed by atoms with E-state index in [1.807, 2.05) is 0 Å². The van der Waals surface area contributed by atoms with Crippen LogP contribution in [0, 0.1) is 0 Å². The van der Waals surface area contributed by atoms with Crippen molar-refractivity contribution in [2.45, 2.75) is 5.66 Å². The zero-order valence-corrected chi connectivity index (χ0v) is 14.9. The molecule has 0 bridgehead atoms. The van der Waals surface area contributed by atoms with Crippen molar-refractivity contribution in [2.24, 2.45) is 0 Å². The van der Waals surface area contributed by atoms with Gasteiger partial charge >= 0.3 is 13.3 Å². The molecule has 3 aromatic rings. The number of carbonyl (C=O) groups is 1. The number of hydrogen-bond acceptors (Lipinski definition) is 6. The molecule has 136 valence electrons. The summed E-state index contributed by atoms with van der Waals surface area (Å²) in [5, 5.41) is 6.09. The van der Waals surface area contributed by atoms with E-state index in [1.165, 1.54) is 24.6 Å². The molecule has 0 saturated carbocycles. The van der Waals surface area contributed by atoms with Gasteiger partial charge in [0.15, 0.2) is 5.82 Å². The number of benzene rings is 1. The maximum atomic E-state index is 14.0.